The molecule has 0 aromatic carbocycles. The molecular weight excluding hydrogens is 310 g/mol. The number of esters is 1. The Morgan fingerprint density at radius 2 is 2.13 bits per heavy atom. The average molecular weight is 331 g/mol. The second-order valence-electron chi connectivity index (χ2n) is 6.94. The second kappa shape index (κ2) is 5.64. The molecule has 0 spiro atoms. The van der Waals surface area contributed by atoms with Gasteiger partial charge in [-0.25, -0.2) is 4.79 Å². The molecule has 1 atom stereocenters. The van der Waals surface area contributed by atoms with Crippen molar-refractivity contribution < 1.29 is 14.3 Å². The normalized spacial score (nSPS) is 23.5. The summed E-state index contributed by atoms with van der Waals surface area (Å²) in [6.07, 6.45) is 1.31. The van der Waals surface area contributed by atoms with Gasteiger partial charge in [0.15, 0.2) is 5.78 Å². The molecule has 0 amide bonds. The third kappa shape index (κ3) is 2.74. The average Bonchev–Trinajstić information content (AvgIpc) is 2.97. The van der Waals surface area contributed by atoms with Crippen molar-refractivity contribution in [2.24, 2.45) is 5.41 Å². The third-order valence-corrected chi connectivity index (χ3v) is 5.41. The summed E-state index contributed by atoms with van der Waals surface area (Å²) in [5, 5.41) is 5.28. The molecule has 4 nitrogen and oxygen atoms in total. The predicted octanol–water partition coefficient (Wildman–Crippen LogP) is 3.53. The molecule has 0 radical (unpaired) electrons. The van der Waals surface area contributed by atoms with Crippen molar-refractivity contribution in [1.29, 1.82) is 0 Å². The van der Waals surface area contributed by atoms with Crippen molar-refractivity contribution in [3.05, 3.63) is 44.9 Å². The van der Waals surface area contributed by atoms with Crippen molar-refractivity contribution in [2.45, 2.75) is 39.5 Å². The van der Waals surface area contributed by atoms with Crippen LogP contribution in [0.25, 0.3) is 0 Å². The Kier molecular flexibility index (Phi) is 3.92. The Bertz CT molecular complexity index is 725. The van der Waals surface area contributed by atoms with Gasteiger partial charge in [-0.15, -0.1) is 11.3 Å². The zero-order chi connectivity index (χ0) is 16.8. The number of nitrogens with one attached hydrogen (secondary N) is 1. The molecule has 0 saturated heterocycles. The summed E-state index contributed by atoms with van der Waals surface area (Å²) < 4.78 is 4.98. The number of carbonyl (C=O) groups is 2. The number of methoxy groups -OCH3 is 1. The number of rotatable bonds is 2. The summed E-state index contributed by atoms with van der Waals surface area (Å²) in [5.74, 6) is -0.573. The van der Waals surface area contributed by atoms with Gasteiger partial charge in [-0.05, 0) is 30.2 Å². The number of hydrogen-bond acceptors (Lipinski definition) is 5. The van der Waals surface area contributed by atoms with Gasteiger partial charge >= 0.3 is 5.97 Å². The van der Waals surface area contributed by atoms with Crippen LogP contribution in [-0.4, -0.2) is 18.9 Å². The Morgan fingerprint density at radius 1 is 1.39 bits per heavy atom. The number of hydrogen-bond donors (Lipinski definition) is 1. The van der Waals surface area contributed by atoms with E-state index in [9.17, 15) is 9.59 Å². The van der Waals surface area contributed by atoms with Crippen LogP contribution in [0.4, 0.5) is 0 Å². The zero-order valence-electron chi connectivity index (χ0n) is 13.9. The van der Waals surface area contributed by atoms with E-state index in [0.29, 0.717) is 12.0 Å². The fourth-order valence-corrected chi connectivity index (χ4v) is 4.40. The lowest BCUT2D eigenvalue weighted by molar-refractivity contribution is -0.136. The van der Waals surface area contributed by atoms with E-state index in [1.165, 1.54) is 7.11 Å². The van der Waals surface area contributed by atoms with Crippen molar-refractivity contribution in [1.82, 2.24) is 5.32 Å². The van der Waals surface area contributed by atoms with Crippen LogP contribution in [0.1, 0.15) is 44.4 Å². The molecule has 0 saturated carbocycles. The van der Waals surface area contributed by atoms with Gasteiger partial charge in [0.2, 0.25) is 0 Å². The highest BCUT2D eigenvalue weighted by molar-refractivity contribution is 7.10. The lowest BCUT2D eigenvalue weighted by Crippen LogP contribution is -2.38. The van der Waals surface area contributed by atoms with Crippen molar-refractivity contribution in [3.8, 4) is 0 Å². The molecule has 0 bridgehead atoms. The van der Waals surface area contributed by atoms with Crippen molar-refractivity contribution in [3.63, 3.8) is 0 Å². The molecule has 1 aliphatic heterocycles. The summed E-state index contributed by atoms with van der Waals surface area (Å²) >= 11 is 1.56. The number of carbonyl (C=O) groups excluding carboxylic acids is 2. The van der Waals surface area contributed by atoms with Crippen LogP contribution in [0.15, 0.2) is 40.1 Å². The Balaban J connectivity index is 2.17. The first-order valence-electron chi connectivity index (χ1n) is 7.70. The van der Waals surface area contributed by atoms with Gasteiger partial charge in [-0.3, -0.25) is 4.79 Å². The molecule has 1 N–H and O–H groups in total. The van der Waals surface area contributed by atoms with E-state index < -0.39 is 0 Å². The van der Waals surface area contributed by atoms with Gasteiger partial charge in [0.05, 0.1) is 18.6 Å². The molecule has 5 heteroatoms. The second-order valence-corrected chi connectivity index (χ2v) is 7.92. The maximum atomic E-state index is 12.8. The largest absolute Gasteiger partial charge is 0.466 e. The number of allylic oxidation sites excluding steroid dienone is 3. The van der Waals surface area contributed by atoms with Crippen LogP contribution in [-0.2, 0) is 14.3 Å². The van der Waals surface area contributed by atoms with Crippen LogP contribution in [0.2, 0.25) is 0 Å². The molecule has 23 heavy (non-hydrogen) atoms. The predicted molar refractivity (Wildman–Crippen MR) is 90.0 cm³/mol. The summed E-state index contributed by atoms with van der Waals surface area (Å²) in [4.78, 5) is 26.2. The Labute approximate surface area is 140 Å². The van der Waals surface area contributed by atoms with E-state index in [-0.39, 0.29) is 23.1 Å². The van der Waals surface area contributed by atoms with Gasteiger partial charge in [0, 0.05) is 28.3 Å². The fraction of sp³-hybridized carbons (Fsp3) is 0.444. The monoisotopic (exact) mass is 331 g/mol. The third-order valence-electron chi connectivity index (χ3n) is 4.47. The van der Waals surface area contributed by atoms with E-state index in [0.717, 1.165) is 28.3 Å². The molecule has 1 aliphatic carbocycles. The standard InChI is InChI=1S/C18H21NO3S/c1-10-14(17(21)22-4)16(13-6-5-7-23-13)15-11(19-10)8-18(2,3)9-12(15)20/h5-7,16,19H,8-9H2,1-4H3/t16-/m0/s1. The molecule has 1 aromatic heterocycles. The van der Waals surface area contributed by atoms with Crippen LogP contribution in [0.5, 0.6) is 0 Å². The molecule has 1 aromatic rings. The summed E-state index contributed by atoms with van der Waals surface area (Å²) in [6, 6.07) is 3.93. The lowest BCUT2D eigenvalue weighted by atomic mass is 9.70. The van der Waals surface area contributed by atoms with E-state index >= 15 is 0 Å². The van der Waals surface area contributed by atoms with Crippen LogP contribution < -0.4 is 5.32 Å². The maximum Gasteiger partial charge on any atom is 0.336 e. The van der Waals surface area contributed by atoms with Gasteiger partial charge in [-0.2, -0.15) is 0 Å². The lowest BCUT2D eigenvalue weighted by Gasteiger charge is -2.39. The molecule has 2 aliphatic rings. The quantitative estimate of drug-likeness (QED) is 0.843. The summed E-state index contributed by atoms with van der Waals surface area (Å²) in [7, 11) is 1.38. The Hall–Kier alpha value is -1.88. The number of ketones is 1. The number of Topliss-reactive ketones (excluding diaryl/α,β-unsaturated/α-hetero) is 1. The van der Waals surface area contributed by atoms with E-state index in [2.05, 4.69) is 19.2 Å². The first-order valence-corrected chi connectivity index (χ1v) is 8.58. The molecule has 0 unspecified atom stereocenters. The first-order chi connectivity index (χ1) is 10.8. The van der Waals surface area contributed by atoms with Gasteiger partial charge in [0.1, 0.15) is 0 Å². The van der Waals surface area contributed by atoms with Crippen molar-refractivity contribution in [2.75, 3.05) is 7.11 Å². The zero-order valence-corrected chi connectivity index (χ0v) is 14.7. The highest BCUT2D eigenvalue weighted by atomic mass is 32.1. The minimum atomic E-state index is -0.377. The van der Waals surface area contributed by atoms with Gasteiger partial charge in [-0.1, -0.05) is 19.9 Å². The van der Waals surface area contributed by atoms with Gasteiger partial charge in [0.25, 0.3) is 0 Å². The first kappa shape index (κ1) is 16.0. The smallest absolute Gasteiger partial charge is 0.336 e. The summed E-state index contributed by atoms with van der Waals surface area (Å²) in [5.41, 5.74) is 2.94. The van der Waals surface area contributed by atoms with Crippen LogP contribution >= 0.6 is 11.3 Å². The van der Waals surface area contributed by atoms with Gasteiger partial charge < -0.3 is 10.1 Å². The molecule has 2 heterocycles. The SMILES string of the molecule is COC(=O)C1=C(C)NC2=C(C(=O)CC(C)(C)C2)[C@H]1c1cccs1. The molecule has 0 fully saturated rings. The summed E-state index contributed by atoms with van der Waals surface area (Å²) in [6.45, 7) is 6.08. The maximum absolute atomic E-state index is 12.8. The minimum absolute atomic E-state index is 0.0635. The molecule has 122 valence electrons. The van der Waals surface area contributed by atoms with E-state index in [4.69, 9.17) is 4.74 Å². The number of ether oxygens (including phenoxy) is 1. The molecular formula is C18H21NO3S. The highest BCUT2D eigenvalue weighted by Gasteiger charge is 2.43. The molecule has 3 rings (SSSR count). The number of dihydropyridines is 1. The van der Waals surface area contributed by atoms with Crippen molar-refractivity contribution >= 4 is 23.1 Å². The highest BCUT2D eigenvalue weighted by Crippen LogP contribution is 2.47. The minimum Gasteiger partial charge on any atom is -0.466 e. The topological polar surface area (TPSA) is 55.4 Å². The van der Waals surface area contributed by atoms with E-state index in [1.54, 1.807) is 11.3 Å². The Morgan fingerprint density at radius 3 is 2.74 bits per heavy atom. The van der Waals surface area contributed by atoms with Crippen LogP contribution in [0, 0.1) is 5.41 Å². The van der Waals surface area contributed by atoms with Crippen LogP contribution in [0.3, 0.4) is 0 Å². The fourth-order valence-electron chi connectivity index (χ4n) is 3.56. The van der Waals surface area contributed by atoms with E-state index in [1.807, 2.05) is 24.4 Å². The number of thiophene rings is 1.